The van der Waals surface area contributed by atoms with Gasteiger partial charge in [-0.15, -0.1) is 11.8 Å². The minimum Gasteiger partial charge on any atom is -0.489 e. The maximum atomic E-state index is 13.4. The van der Waals surface area contributed by atoms with Gasteiger partial charge in [0.2, 0.25) is 11.8 Å². The predicted octanol–water partition coefficient (Wildman–Crippen LogP) is 3.62. The van der Waals surface area contributed by atoms with Crippen molar-refractivity contribution in [3.63, 3.8) is 0 Å². The molecule has 1 aromatic heterocycles. The summed E-state index contributed by atoms with van der Waals surface area (Å²) in [7, 11) is 0. The van der Waals surface area contributed by atoms with Gasteiger partial charge in [0.25, 0.3) is 5.69 Å². The summed E-state index contributed by atoms with van der Waals surface area (Å²) in [5.74, 6) is -4.96. The Morgan fingerprint density at radius 2 is 1.83 bits per heavy atom. The topological polar surface area (TPSA) is 160 Å². The molecular formula is C28H22FN3O8S2. The number of aromatic nitrogens is 1. The molecule has 3 fully saturated rings. The third kappa shape index (κ3) is 4.07. The van der Waals surface area contributed by atoms with E-state index in [1.165, 1.54) is 42.1 Å². The van der Waals surface area contributed by atoms with Gasteiger partial charge in [0, 0.05) is 33.7 Å². The van der Waals surface area contributed by atoms with Crippen molar-refractivity contribution in [3.8, 4) is 5.75 Å². The highest BCUT2D eigenvalue weighted by molar-refractivity contribution is 8.00. The lowest BCUT2D eigenvalue weighted by atomic mass is 9.68. The van der Waals surface area contributed by atoms with Gasteiger partial charge in [-0.1, -0.05) is 23.5 Å². The van der Waals surface area contributed by atoms with E-state index in [2.05, 4.69) is 4.98 Å². The number of aliphatic carboxylic acids is 1. The standard InChI is InChI=1S/C28H22FN3O8S2/c29-12-3-1-11(2-4-12)10-40-17-6-5-13(32(38)39)7-14(17)19-20-15-8-16(23(20)41-25-24(19)42-28(37)30-25)22-21(15)26(35)31(27(22)36)9-18(33)34/h1-7,15-16,19-23H,8-10H2,(H,30,37)(H,33,34)/t15-,16-,19-,20-,21+,22-,23+/m1/s1. The molecule has 7 atom stereocenters. The second kappa shape index (κ2) is 9.76. The van der Waals surface area contributed by atoms with E-state index >= 15 is 0 Å². The first kappa shape index (κ1) is 26.8. The monoisotopic (exact) mass is 611 g/mol. The molecule has 14 heteroatoms. The number of carboxylic acid groups (broad SMARTS) is 1. The van der Waals surface area contributed by atoms with Gasteiger partial charge in [0.15, 0.2) is 0 Å². The summed E-state index contributed by atoms with van der Waals surface area (Å²) >= 11 is 2.46. The number of rotatable bonds is 7. The highest BCUT2D eigenvalue weighted by Gasteiger charge is 2.69. The molecule has 11 nitrogen and oxygen atoms in total. The number of thiazole rings is 1. The molecule has 42 heavy (non-hydrogen) atoms. The van der Waals surface area contributed by atoms with Crippen molar-refractivity contribution in [1.29, 1.82) is 0 Å². The number of halogens is 1. The van der Waals surface area contributed by atoms with Crippen LogP contribution in [0.15, 0.2) is 52.3 Å². The Morgan fingerprint density at radius 1 is 1.12 bits per heavy atom. The zero-order chi connectivity index (χ0) is 29.4. The van der Waals surface area contributed by atoms with Crippen molar-refractivity contribution in [2.24, 2.45) is 29.6 Å². The predicted molar refractivity (Wildman–Crippen MR) is 147 cm³/mol. The van der Waals surface area contributed by atoms with E-state index < -0.39 is 52.8 Å². The summed E-state index contributed by atoms with van der Waals surface area (Å²) < 4.78 is 19.6. The number of nitro benzene ring substituents is 1. The summed E-state index contributed by atoms with van der Waals surface area (Å²) in [6.07, 6.45) is 0.576. The number of imide groups is 1. The summed E-state index contributed by atoms with van der Waals surface area (Å²) in [5.41, 5.74) is 1.00. The first-order valence-corrected chi connectivity index (χ1v) is 14.9. The lowest BCUT2D eigenvalue weighted by molar-refractivity contribution is -0.385. The Morgan fingerprint density at radius 3 is 2.52 bits per heavy atom. The number of H-pyrrole nitrogens is 1. The first-order valence-electron chi connectivity index (χ1n) is 13.2. The largest absolute Gasteiger partial charge is 0.489 e. The van der Waals surface area contributed by atoms with E-state index in [9.17, 15) is 38.8 Å². The average molecular weight is 612 g/mol. The molecule has 4 aliphatic rings. The second-order valence-electron chi connectivity index (χ2n) is 11.0. The third-order valence-corrected chi connectivity index (χ3v) is 11.5. The van der Waals surface area contributed by atoms with Crippen molar-refractivity contribution in [1.82, 2.24) is 9.88 Å². The Balaban J connectivity index is 1.32. The molecule has 2 aromatic carbocycles. The maximum Gasteiger partial charge on any atom is 0.323 e. The summed E-state index contributed by atoms with van der Waals surface area (Å²) in [6, 6.07) is 10.0. The lowest BCUT2D eigenvalue weighted by Crippen LogP contribution is -2.42. The van der Waals surface area contributed by atoms with Crippen LogP contribution in [0.1, 0.15) is 28.3 Å². The van der Waals surface area contributed by atoms with Gasteiger partial charge >= 0.3 is 10.8 Å². The SMILES string of the molecule is O=C(O)CN1C(=O)[C@@H]2[C@H]3C[C@@H]([C@@H]2C1=O)[C@@H]1[C@@H](c2cc([N+](=O)[O-])ccc2OCc2ccc(F)cc2)c2sc(=O)[nH]c2S[C@@H]31. The average Bonchev–Trinajstić information content (AvgIpc) is 3.68. The number of thioether (sulfide) groups is 1. The molecular weight excluding hydrogens is 589 g/mol. The van der Waals surface area contributed by atoms with E-state index in [4.69, 9.17) is 4.74 Å². The molecule has 0 radical (unpaired) electrons. The minimum absolute atomic E-state index is 0.0603. The number of aromatic amines is 1. The molecule has 2 bridgehead atoms. The van der Waals surface area contributed by atoms with E-state index in [0.29, 0.717) is 33.2 Å². The number of fused-ring (bicyclic) bond motifs is 9. The fraction of sp³-hybridized carbons (Fsp3) is 0.357. The Labute approximate surface area is 244 Å². The lowest BCUT2D eigenvalue weighted by Gasteiger charge is -2.43. The van der Waals surface area contributed by atoms with Crippen molar-refractivity contribution in [2.75, 3.05) is 6.54 Å². The van der Waals surface area contributed by atoms with Crippen molar-refractivity contribution in [2.45, 2.75) is 29.2 Å². The van der Waals surface area contributed by atoms with Crippen LogP contribution in [0.3, 0.4) is 0 Å². The molecule has 2 saturated carbocycles. The molecule has 0 spiro atoms. The van der Waals surface area contributed by atoms with E-state index in [1.807, 2.05) is 0 Å². The highest BCUT2D eigenvalue weighted by Crippen LogP contribution is 2.69. The molecule has 2 N–H and O–H groups in total. The number of nitrogens with zero attached hydrogens (tertiary/aromatic N) is 2. The van der Waals surface area contributed by atoms with Gasteiger partial charge in [-0.05, 0) is 47.9 Å². The molecule has 1 saturated heterocycles. The van der Waals surface area contributed by atoms with E-state index in [-0.39, 0.29) is 40.2 Å². The van der Waals surface area contributed by atoms with Crippen molar-refractivity contribution in [3.05, 3.63) is 84.1 Å². The number of hydrogen-bond donors (Lipinski definition) is 2. The number of nitro groups is 1. The van der Waals surface area contributed by atoms with Gasteiger partial charge in [-0.25, -0.2) is 4.39 Å². The fourth-order valence-electron chi connectivity index (χ4n) is 7.48. The van der Waals surface area contributed by atoms with Crippen LogP contribution in [0.5, 0.6) is 5.75 Å². The molecule has 216 valence electrons. The quantitative estimate of drug-likeness (QED) is 0.231. The number of amides is 2. The molecule has 0 unspecified atom stereocenters. The van der Waals surface area contributed by atoms with Crippen LogP contribution in [-0.4, -0.2) is 49.5 Å². The van der Waals surface area contributed by atoms with Crippen LogP contribution >= 0.6 is 23.1 Å². The number of ether oxygens (including phenoxy) is 1. The third-order valence-electron chi connectivity index (χ3n) is 8.96. The number of benzene rings is 2. The Kier molecular flexibility index (Phi) is 6.24. The zero-order valence-corrected chi connectivity index (χ0v) is 23.2. The Hall–Kier alpha value is -4.04. The summed E-state index contributed by atoms with van der Waals surface area (Å²) in [4.78, 5) is 66.2. The van der Waals surface area contributed by atoms with Gasteiger partial charge < -0.3 is 14.8 Å². The Bertz CT molecular complexity index is 1720. The first-order chi connectivity index (χ1) is 20.1. The number of carboxylic acids is 1. The van der Waals surface area contributed by atoms with Crippen LogP contribution in [0.25, 0.3) is 0 Å². The maximum absolute atomic E-state index is 13.4. The van der Waals surface area contributed by atoms with Gasteiger partial charge in [0.1, 0.15) is 24.7 Å². The molecule has 3 heterocycles. The second-order valence-corrected chi connectivity index (χ2v) is 13.2. The van der Waals surface area contributed by atoms with Crippen LogP contribution in [0, 0.1) is 45.5 Å². The zero-order valence-electron chi connectivity index (χ0n) is 21.6. The van der Waals surface area contributed by atoms with Crippen molar-refractivity contribution >= 4 is 46.6 Å². The molecule has 2 aliphatic carbocycles. The number of carbonyl (C=O) groups is 3. The number of non-ortho nitro benzene ring substituents is 1. The van der Waals surface area contributed by atoms with Crippen LogP contribution in [0.2, 0.25) is 0 Å². The normalized spacial score (nSPS) is 28.9. The summed E-state index contributed by atoms with van der Waals surface area (Å²) in [5, 5.41) is 21.6. The number of hydrogen-bond acceptors (Lipinski definition) is 9. The van der Waals surface area contributed by atoms with Crippen LogP contribution in [-0.2, 0) is 21.0 Å². The highest BCUT2D eigenvalue weighted by atomic mass is 32.2. The van der Waals surface area contributed by atoms with Gasteiger partial charge in [-0.3, -0.25) is 34.2 Å². The number of nitrogens with one attached hydrogen (secondary N) is 1. The van der Waals surface area contributed by atoms with Gasteiger partial charge in [0.05, 0.1) is 21.8 Å². The minimum atomic E-state index is -1.27. The smallest absolute Gasteiger partial charge is 0.323 e. The number of likely N-dealkylation sites (tertiary alicyclic amines) is 1. The van der Waals surface area contributed by atoms with E-state index in [0.717, 1.165) is 16.2 Å². The van der Waals surface area contributed by atoms with Crippen molar-refractivity contribution < 1.29 is 33.5 Å². The molecule has 2 aliphatic heterocycles. The van der Waals surface area contributed by atoms with E-state index in [1.54, 1.807) is 12.1 Å². The summed E-state index contributed by atoms with van der Waals surface area (Å²) in [6.45, 7) is -0.631. The number of carbonyl (C=O) groups excluding carboxylic acids is 2. The van der Waals surface area contributed by atoms with Gasteiger partial charge in [-0.2, -0.15) is 0 Å². The molecule has 7 rings (SSSR count). The fourth-order valence-corrected chi connectivity index (χ4v) is 10.4. The van der Waals surface area contributed by atoms with Crippen LogP contribution < -0.4 is 9.61 Å². The van der Waals surface area contributed by atoms with Crippen LogP contribution in [0.4, 0.5) is 10.1 Å². The molecule has 2 amide bonds. The molecule has 3 aromatic rings.